The second-order valence-electron chi connectivity index (χ2n) is 3.54. The lowest BCUT2D eigenvalue weighted by atomic mass is 10.1. The van der Waals surface area contributed by atoms with Gasteiger partial charge in [-0.1, -0.05) is 13.8 Å². The molecule has 0 N–H and O–H groups in total. The van der Waals surface area contributed by atoms with E-state index < -0.39 is 0 Å². The summed E-state index contributed by atoms with van der Waals surface area (Å²) in [4.78, 5) is 15.6. The molecule has 0 amide bonds. The zero-order chi connectivity index (χ0) is 12.1. The van der Waals surface area contributed by atoms with Crippen LogP contribution in [0.2, 0.25) is 0 Å². The third kappa shape index (κ3) is 2.83. The summed E-state index contributed by atoms with van der Waals surface area (Å²) in [6.07, 6.45) is 1.05. The molecule has 0 saturated carbocycles. The molecule has 0 radical (unpaired) electrons. The van der Waals surface area contributed by atoms with Crippen molar-refractivity contribution in [1.29, 1.82) is 0 Å². The number of thiophene rings is 1. The van der Waals surface area contributed by atoms with Crippen LogP contribution in [0.5, 0.6) is 0 Å². The van der Waals surface area contributed by atoms with Crippen LogP contribution in [0.25, 0.3) is 0 Å². The number of rotatable bonds is 1. The van der Waals surface area contributed by atoms with Crippen molar-refractivity contribution in [3.8, 4) is 0 Å². The van der Waals surface area contributed by atoms with E-state index >= 15 is 0 Å². The average Bonchev–Trinajstić information content (AvgIpc) is 2.73. The Morgan fingerprint density at radius 2 is 2.19 bits per heavy atom. The summed E-state index contributed by atoms with van der Waals surface area (Å²) in [6.45, 7) is 6.02. The van der Waals surface area contributed by atoms with Gasteiger partial charge in [0.2, 0.25) is 0 Å². The largest absolute Gasteiger partial charge is 0.465 e. The molecule has 0 aliphatic carbocycles. The van der Waals surface area contributed by atoms with Gasteiger partial charge in [0.1, 0.15) is 4.88 Å². The van der Waals surface area contributed by atoms with Crippen LogP contribution in [-0.2, 0) is 17.7 Å². The van der Waals surface area contributed by atoms with E-state index in [-0.39, 0.29) is 5.97 Å². The number of hydrogen-bond donors (Lipinski definition) is 0. The minimum absolute atomic E-state index is 0.216. The smallest absolute Gasteiger partial charge is 0.348 e. The van der Waals surface area contributed by atoms with E-state index in [1.807, 2.05) is 19.9 Å². The van der Waals surface area contributed by atoms with E-state index in [0.29, 0.717) is 0 Å². The number of fused-ring (bicyclic) bond motifs is 1. The Labute approximate surface area is 101 Å². The molecule has 0 unspecified atom stereocenters. The number of methoxy groups -OCH3 is 1. The van der Waals surface area contributed by atoms with Gasteiger partial charge in [-0.2, -0.15) is 0 Å². The second-order valence-corrected chi connectivity index (χ2v) is 4.68. The van der Waals surface area contributed by atoms with Crippen LogP contribution in [0.1, 0.15) is 34.0 Å². The molecule has 0 atom stereocenters. The van der Waals surface area contributed by atoms with Crippen molar-refractivity contribution in [2.24, 2.45) is 0 Å². The first-order valence-corrected chi connectivity index (χ1v) is 6.41. The van der Waals surface area contributed by atoms with E-state index in [0.717, 1.165) is 24.4 Å². The van der Waals surface area contributed by atoms with Gasteiger partial charge in [0.25, 0.3) is 0 Å². The van der Waals surface area contributed by atoms with Gasteiger partial charge in [0.05, 0.1) is 7.11 Å². The monoisotopic (exact) mass is 241 g/mol. The predicted octanol–water partition coefficient (Wildman–Crippen LogP) is 2.55. The normalized spacial score (nSPS) is 14.8. The van der Waals surface area contributed by atoms with Gasteiger partial charge in [0.15, 0.2) is 0 Å². The second kappa shape index (κ2) is 6.01. The lowest BCUT2D eigenvalue weighted by molar-refractivity contribution is 0.0606. The molecule has 0 aromatic carbocycles. The van der Waals surface area contributed by atoms with Gasteiger partial charge in [0, 0.05) is 18.0 Å². The summed E-state index contributed by atoms with van der Waals surface area (Å²) in [5.41, 5.74) is 1.28. The van der Waals surface area contributed by atoms with Crippen LogP contribution in [0, 0.1) is 0 Å². The summed E-state index contributed by atoms with van der Waals surface area (Å²) >= 11 is 1.57. The Bertz CT molecular complexity index is 360. The number of ether oxygens (including phenoxy) is 1. The van der Waals surface area contributed by atoms with Crippen molar-refractivity contribution in [3.63, 3.8) is 0 Å². The SMILES string of the molecule is CC.COC(=O)c1cc2c(s1)CCN(C)C2. The molecule has 0 fully saturated rings. The van der Waals surface area contributed by atoms with Gasteiger partial charge in [-0.05, 0) is 25.1 Å². The topological polar surface area (TPSA) is 29.5 Å². The zero-order valence-corrected chi connectivity index (χ0v) is 11.2. The molecule has 2 heterocycles. The quantitative estimate of drug-likeness (QED) is 0.708. The van der Waals surface area contributed by atoms with Gasteiger partial charge in [-0.15, -0.1) is 11.3 Å². The molecular formula is C12H19NO2S. The van der Waals surface area contributed by atoms with Crippen LogP contribution < -0.4 is 0 Å². The van der Waals surface area contributed by atoms with Gasteiger partial charge in [-0.3, -0.25) is 0 Å². The number of hydrogen-bond acceptors (Lipinski definition) is 4. The van der Waals surface area contributed by atoms with Crippen LogP contribution in [0.15, 0.2) is 6.07 Å². The van der Waals surface area contributed by atoms with Crippen molar-refractivity contribution in [3.05, 3.63) is 21.4 Å². The van der Waals surface area contributed by atoms with Crippen LogP contribution in [0.4, 0.5) is 0 Å². The van der Waals surface area contributed by atoms with Gasteiger partial charge < -0.3 is 9.64 Å². The molecule has 0 saturated heterocycles. The molecular weight excluding hydrogens is 222 g/mol. The molecule has 16 heavy (non-hydrogen) atoms. The summed E-state index contributed by atoms with van der Waals surface area (Å²) in [7, 11) is 3.52. The molecule has 90 valence electrons. The highest BCUT2D eigenvalue weighted by molar-refractivity contribution is 7.14. The lowest BCUT2D eigenvalue weighted by Crippen LogP contribution is -2.25. The number of esters is 1. The maximum atomic E-state index is 11.3. The maximum absolute atomic E-state index is 11.3. The Kier molecular flexibility index (Phi) is 4.96. The van der Waals surface area contributed by atoms with E-state index in [1.165, 1.54) is 17.6 Å². The fraction of sp³-hybridized carbons (Fsp3) is 0.583. The van der Waals surface area contributed by atoms with Crippen molar-refractivity contribution >= 4 is 17.3 Å². The summed E-state index contributed by atoms with van der Waals surface area (Å²) in [6, 6.07) is 1.96. The third-order valence-electron chi connectivity index (χ3n) is 2.44. The summed E-state index contributed by atoms with van der Waals surface area (Å²) < 4.78 is 4.70. The number of carbonyl (C=O) groups excluding carboxylic acids is 1. The molecule has 3 nitrogen and oxygen atoms in total. The Morgan fingerprint density at radius 1 is 1.50 bits per heavy atom. The van der Waals surface area contributed by atoms with E-state index in [9.17, 15) is 4.79 Å². The molecule has 1 aromatic rings. The first-order chi connectivity index (χ1) is 7.70. The molecule has 1 aromatic heterocycles. The van der Waals surface area contributed by atoms with Crippen LogP contribution in [0.3, 0.4) is 0 Å². The Balaban J connectivity index is 0.000000606. The Hall–Kier alpha value is -0.870. The van der Waals surface area contributed by atoms with E-state index in [2.05, 4.69) is 11.9 Å². The van der Waals surface area contributed by atoms with Crippen molar-refractivity contribution < 1.29 is 9.53 Å². The highest BCUT2D eigenvalue weighted by Crippen LogP contribution is 2.27. The average molecular weight is 241 g/mol. The van der Waals surface area contributed by atoms with Gasteiger partial charge in [-0.25, -0.2) is 4.79 Å². The lowest BCUT2D eigenvalue weighted by Gasteiger charge is -2.21. The first kappa shape index (κ1) is 13.2. The van der Waals surface area contributed by atoms with E-state index in [4.69, 9.17) is 4.74 Å². The van der Waals surface area contributed by atoms with Crippen LogP contribution >= 0.6 is 11.3 Å². The number of carbonyl (C=O) groups is 1. The first-order valence-electron chi connectivity index (χ1n) is 5.59. The van der Waals surface area contributed by atoms with E-state index in [1.54, 1.807) is 11.3 Å². The van der Waals surface area contributed by atoms with Crippen molar-refractivity contribution in [2.45, 2.75) is 26.8 Å². The highest BCUT2D eigenvalue weighted by Gasteiger charge is 2.19. The maximum Gasteiger partial charge on any atom is 0.348 e. The molecule has 1 aliphatic rings. The minimum Gasteiger partial charge on any atom is -0.465 e. The zero-order valence-electron chi connectivity index (χ0n) is 10.4. The molecule has 0 spiro atoms. The Morgan fingerprint density at radius 3 is 2.81 bits per heavy atom. The molecule has 2 rings (SSSR count). The minimum atomic E-state index is -0.216. The number of likely N-dealkylation sites (N-methyl/N-ethyl adjacent to an activating group) is 1. The summed E-state index contributed by atoms with van der Waals surface area (Å²) in [5.74, 6) is -0.216. The van der Waals surface area contributed by atoms with Crippen LogP contribution in [-0.4, -0.2) is 31.6 Å². The summed E-state index contributed by atoms with van der Waals surface area (Å²) in [5, 5.41) is 0. The number of nitrogens with zero attached hydrogens (tertiary/aromatic N) is 1. The van der Waals surface area contributed by atoms with Crippen molar-refractivity contribution in [2.75, 3.05) is 20.7 Å². The highest BCUT2D eigenvalue weighted by atomic mass is 32.1. The molecule has 0 bridgehead atoms. The third-order valence-corrected chi connectivity index (χ3v) is 3.66. The molecule has 1 aliphatic heterocycles. The molecule has 4 heteroatoms. The van der Waals surface area contributed by atoms with Gasteiger partial charge >= 0.3 is 5.97 Å². The predicted molar refractivity (Wildman–Crippen MR) is 67.0 cm³/mol. The fourth-order valence-electron chi connectivity index (χ4n) is 1.68. The standard InChI is InChI=1S/C10H13NO2S.C2H6/c1-11-4-3-8-7(6-11)5-9(14-8)10(12)13-2;1-2/h5H,3-4,6H2,1-2H3;1-2H3. The van der Waals surface area contributed by atoms with Crippen molar-refractivity contribution in [1.82, 2.24) is 4.90 Å². The fourth-order valence-corrected chi connectivity index (χ4v) is 2.76.